The highest BCUT2D eigenvalue weighted by atomic mass is 16.2. The summed E-state index contributed by atoms with van der Waals surface area (Å²) >= 11 is 0. The summed E-state index contributed by atoms with van der Waals surface area (Å²) in [5.74, 6) is -0.00755. The minimum Gasteiger partial charge on any atom is -0.315 e. The second-order valence-electron chi connectivity index (χ2n) is 4.09. The number of rotatable bonds is 2. The quantitative estimate of drug-likeness (QED) is 0.530. The fourth-order valence-electron chi connectivity index (χ4n) is 1.41. The van der Waals surface area contributed by atoms with E-state index in [0.29, 0.717) is 5.70 Å². The third-order valence-corrected chi connectivity index (χ3v) is 2.43. The Morgan fingerprint density at radius 3 is 2.44 bits per heavy atom. The molecule has 0 bridgehead atoms. The van der Waals surface area contributed by atoms with Crippen molar-refractivity contribution in [3.63, 3.8) is 0 Å². The van der Waals surface area contributed by atoms with E-state index in [-0.39, 0.29) is 5.91 Å². The molecular formula is C12H19N3O. The first-order valence-electron chi connectivity index (χ1n) is 5.43. The minimum atomic E-state index is -0.00755. The van der Waals surface area contributed by atoms with Gasteiger partial charge in [0.25, 0.3) is 5.91 Å². The molecule has 0 aromatic rings. The Hall–Kier alpha value is -1.58. The largest absolute Gasteiger partial charge is 0.315 e. The molecule has 1 aliphatic heterocycles. The van der Waals surface area contributed by atoms with Crippen LogP contribution in [0.15, 0.2) is 28.8 Å². The van der Waals surface area contributed by atoms with Crippen molar-refractivity contribution in [2.75, 3.05) is 7.05 Å². The van der Waals surface area contributed by atoms with Crippen molar-refractivity contribution in [3.8, 4) is 0 Å². The lowest BCUT2D eigenvalue weighted by Crippen LogP contribution is -2.34. The summed E-state index contributed by atoms with van der Waals surface area (Å²) in [6.45, 7) is 7.83. The van der Waals surface area contributed by atoms with Gasteiger partial charge in [-0.3, -0.25) is 4.79 Å². The van der Waals surface area contributed by atoms with Crippen molar-refractivity contribution in [1.82, 2.24) is 9.91 Å². The van der Waals surface area contributed by atoms with E-state index in [1.807, 2.05) is 33.9 Å². The van der Waals surface area contributed by atoms with Crippen LogP contribution in [-0.4, -0.2) is 28.6 Å². The van der Waals surface area contributed by atoms with Crippen LogP contribution in [0.1, 0.15) is 34.1 Å². The van der Waals surface area contributed by atoms with Gasteiger partial charge in [-0.15, -0.1) is 0 Å². The highest BCUT2D eigenvalue weighted by Gasteiger charge is 2.24. The number of hydrogen-bond acceptors (Lipinski definition) is 3. The van der Waals surface area contributed by atoms with Gasteiger partial charge in [0.2, 0.25) is 0 Å². The van der Waals surface area contributed by atoms with Gasteiger partial charge in [0.05, 0.1) is 0 Å². The zero-order valence-electron chi connectivity index (χ0n) is 10.6. The Bertz CT molecular complexity index is 376. The third-order valence-electron chi connectivity index (χ3n) is 2.43. The zero-order chi connectivity index (χ0) is 12.3. The maximum atomic E-state index is 12.0. The molecular weight excluding hydrogens is 202 g/mol. The Morgan fingerprint density at radius 2 is 1.94 bits per heavy atom. The van der Waals surface area contributed by atoms with Crippen molar-refractivity contribution in [2.24, 2.45) is 5.10 Å². The van der Waals surface area contributed by atoms with E-state index in [0.717, 1.165) is 17.7 Å². The lowest BCUT2D eigenvalue weighted by atomic mass is 10.1. The van der Waals surface area contributed by atoms with Crippen molar-refractivity contribution < 1.29 is 4.79 Å². The molecule has 0 saturated heterocycles. The topological polar surface area (TPSA) is 35.9 Å². The standard InChI is InChI=1S/C12H19N3O/c1-6-10(4)11-12(16)14(5)7-8-15(11)13-9(2)3/h7-8H,6H2,1-5H3/b11-10-. The van der Waals surface area contributed by atoms with E-state index in [4.69, 9.17) is 0 Å². The van der Waals surface area contributed by atoms with Gasteiger partial charge in [-0.1, -0.05) is 6.92 Å². The molecule has 1 aliphatic rings. The summed E-state index contributed by atoms with van der Waals surface area (Å²) in [6.07, 6.45) is 4.38. The van der Waals surface area contributed by atoms with Crippen molar-refractivity contribution >= 4 is 11.6 Å². The molecule has 0 N–H and O–H groups in total. The van der Waals surface area contributed by atoms with E-state index in [2.05, 4.69) is 5.10 Å². The van der Waals surface area contributed by atoms with Gasteiger partial charge >= 0.3 is 0 Å². The average molecular weight is 221 g/mol. The monoisotopic (exact) mass is 221 g/mol. The molecule has 0 aliphatic carbocycles. The maximum Gasteiger partial charge on any atom is 0.276 e. The van der Waals surface area contributed by atoms with Crippen LogP contribution in [0.25, 0.3) is 0 Å². The number of hydrazone groups is 1. The van der Waals surface area contributed by atoms with Crippen LogP contribution in [-0.2, 0) is 4.79 Å². The molecule has 1 rings (SSSR count). The third kappa shape index (κ3) is 2.51. The van der Waals surface area contributed by atoms with Crippen LogP contribution in [0.2, 0.25) is 0 Å². The molecule has 0 radical (unpaired) electrons. The summed E-state index contributed by atoms with van der Waals surface area (Å²) in [5.41, 5.74) is 2.63. The van der Waals surface area contributed by atoms with E-state index < -0.39 is 0 Å². The molecule has 0 spiro atoms. The second-order valence-corrected chi connectivity index (χ2v) is 4.09. The fourth-order valence-corrected chi connectivity index (χ4v) is 1.41. The number of hydrogen-bond donors (Lipinski definition) is 0. The molecule has 4 heteroatoms. The van der Waals surface area contributed by atoms with Crippen LogP contribution in [0.3, 0.4) is 0 Å². The number of carbonyl (C=O) groups excluding carboxylic acids is 1. The molecule has 0 aromatic carbocycles. The van der Waals surface area contributed by atoms with Gasteiger partial charge in [-0.05, 0) is 32.8 Å². The molecule has 0 atom stereocenters. The molecule has 0 fully saturated rings. The molecule has 88 valence electrons. The SMILES string of the molecule is CC/C(C)=C1/C(=O)N(C)C=CN1N=C(C)C. The van der Waals surface area contributed by atoms with Crippen molar-refractivity contribution in [1.29, 1.82) is 0 Å². The first-order valence-corrected chi connectivity index (χ1v) is 5.43. The highest BCUT2D eigenvalue weighted by molar-refractivity contribution is 5.95. The maximum absolute atomic E-state index is 12.0. The molecule has 1 heterocycles. The molecule has 16 heavy (non-hydrogen) atoms. The number of amides is 1. The summed E-state index contributed by atoms with van der Waals surface area (Å²) in [4.78, 5) is 13.6. The van der Waals surface area contributed by atoms with Crippen molar-refractivity contribution in [2.45, 2.75) is 34.1 Å². The van der Waals surface area contributed by atoms with Crippen LogP contribution >= 0.6 is 0 Å². The fraction of sp³-hybridized carbons (Fsp3) is 0.500. The average Bonchev–Trinajstić information content (AvgIpc) is 2.22. The van der Waals surface area contributed by atoms with Crippen LogP contribution < -0.4 is 0 Å². The van der Waals surface area contributed by atoms with E-state index in [9.17, 15) is 4.79 Å². The zero-order valence-corrected chi connectivity index (χ0v) is 10.6. The molecule has 0 unspecified atom stereocenters. The van der Waals surface area contributed by atoms with Gasteiger partial charge in [0, 0.05) is 25.2 Å². The van der Waals surface area contributed by atoms with Gasteiger partial charge < -0.3 is 4.90 Å². The van der Waals surface area contributed by atoms with Crippen LogP contribution in [0.4, 0.5) is 0 Å². The summed E-state index contributed by atoms with van der Waals surface area (Å²) in [5, 5.41) is 5.99. The minimum absolute atomic E-state index is 0.00755. The predicted octanol–water partition coefficient (Wildman–Crippen LogP) is 2.31. The van der Waals surface area contributed by atoms with Crippen LogP contribution in [0, 0.1) is 0 Å². The van der Waals surface area contributed by atoms with Gasteiger partial charge in [0.1, 0.15) is 5.70 Å². The number of allylic oxidation sites excluding steroid dienone is 1. The first kappa shape index (κ1) is 12.5. The smallest absolute Gasteiger partial charge is 0.276 e. The summed E-state index contributed by atoms with van der Waals surface area (Å²) in [7, 11) is 1.75. The molecule has 1 amide bonds. The molecule has 0 saturated carbocycles. The molecule has 0 aromatic heterocycles. The Morgan fingerprint density at radius 1 is 1.31 bits per heavy atom. The van der Waals surface area contributed by atoms with E-state index >= 15 is 0 Å². The lowest BCUT2D eigenvalue weighted by molar-refractivity contribution is -0.125. The van der Waals surface area contributed by atoms with Gasteiger partial charge in [-0.2, -0.15) is 5.10 Å². The summed E-state index contributed by atoms with van der Waals surface area (Å²) < 4.78 is 0. The predicted molar refractivity (Wildman–Crippen MR) is 65.5 cm³/mol. The Labute approximate surface area is 96.9 Å². The number of likely N-dealkylation sites (N-methyl/N-ethyl adjacent to an activating group) is 1. The highest BCUT2D eigenvalue weighted by Crippen LogP contribution is 2.20. The number of nitrogens with zero attached hydrogens (tertiary/aromatic N) is 3. The van der Waals surface area contributed by atoms with E-state index in [1.165, 1.54) is 0 Å². The molecule has 4 nitrogen and oxygen atoms in total. The summed E-state index contributed by atoms with van der Waals surface area (Å²) in [6, 6.07) is 0. The Balaban J connectivity index is 3.21. The van der Waals surface area contributed by atoms with Gasteiger partial charge in [-0.25, -0.2) is 5.01 Å². The van der Waals surface area contributed by atoms with Crippen molar-refractivity contribution in [3.05, 3.63) is 23.7 Å². The van der Waals surface area contributed by atoms with Crippen LogP contribution in [0.5, 0.6) is 0 Å². The van der Waals surface area contributed by atoms with E-state index in [1.54, 1.807) is 23.2 Å². The van der Waals surface area contributed by atoms with Gasteiger partial charge in [0.15, 0.2) is 0 Å². The second kappa shape index (κ2) is 4.96. The lowest BCUT2D eigenvalue weighted by Gasteiger charge is -2.28. The Kier molecular flexibility index (Phi) is 3.88. The normalized spacial score (nSPS) is 18.9. The first-order chi connectivity index (χ1) is 7.47. The number of carbonyl (C=O) groups is 1.